The Hall–Kier alpha value is -1.28. The van der Waals surface area contributed by atoms with Crippen molar-refractivity contribution in [2.75, 3.05) is 13.2 Å². The van der Waals surface area contributed by atoms with Crippen molar-refractivity contribution in [3.8, 4) is 0 Å². The first-order valence-corrected chi connectivity index (χ1v) is 9.39. The molecule has 0 radical (unpaired) electrons. The zero-order valence-corrected chi connectivity index (χ0v) is 15.2. The Morgan fingerprint density at radius 3 is 3.12 bits per heavy atom. The van der Waals surface area contributed by atoms with Gasteiger partial charge in [0, 0.05) is 42.4 Å². The first kappa shape index (κ1) is 16.2. The molecule has 0 saturated carbocycles. The second-order valence-corrected chi connectivity index (χ2v) is 7.95. The number of hydrogen-bond acceptors (Lipinski definition) is 6. The maximum atomic E-state index is 6.42. The maximum absolute atomic E-state index is 6.42. The number of rotatable bonds is 3. The Bertz CT molecular complexity index is 728. The third-order valence-electron chi connectivity index (χ3n) is 4.88. The predicted octanol–water partition coefficient (Wildman–Crippen LogP) is 2.44. The van der Waals surface area contributed by atoms with Gasteiger partial charge in [0.15, 0.2) is 0 Å². The molecule has 2 aliphatic rings. The van der Waals surface area contributed by atoms with Gasteiger partial charge >= 0.3 is 0 Å². The largest absolute Gasteiger partial charge is 0.369 e. The topological polar surface area (TPSA) is 61.2 Å². The highest BCUT2D eigenvalue weighted by Crippen LogP contribution is 2.49. The number of thiophene rings is 1. The Kier molecular flexibility index (Phi) is 4.20. The van der Waals surface area contributed by atoms with Gasteiger partial charge < -0.3 is 9.47 Å². The number of piperidine rings is 1. The number of nitrogens with zero attached hydrogens (tertiary/aromatic N) is 3. The van der Waals surface area contributed by atoms with Crippen LogP contribution in [0.4, 0.5) is 0 Å². The normalized spacial score (nSPS) is 29.8. The van der Waals surface area contributed by atoms with Gasteiger partial charge in [0.2, 0.25) is 0 Å². The lowest BCUT2D eigenvalue weighted by molar-refractivity contribution is -0.138. The van der Waals surface area contributed by atoms with Gasteiger partial charge in [-0.2, -0.15) is 0 Å². The van der Waals surface area contributed by atoms with Crippen molar-refractivity contribution in [3.05, 3.63) is 33.3 Å². The minimum atomic E-state index is -0.278. The Morgan fingerprint density at radius 2 is 2.38 bits per heavy atom. The monoisotopic (exact) mass is 348 g/mol. The molecule has 2 aliphatic heterocycles. The Balaban J connectivity index is 1.71. The molecule has 1 N–H and O–H groups in total. The highest BCUT2D eigenvalue weighted by Gasteiger charge is 2.47. The van der Waals surface area contributed by atoms with Crippen LogP contribution in [0.2, 0.25) is 0 Å². The molecule has 1 fully saturated rings. The summed E-state index contributed by atoms with van der Waals surface area (Å²) in [4.78, 5) is 2.73. The van der Waals surface area contributed by atoms with E-state index in [9.17, 15) is 0 Å². The molecule has 3 unspecified atom stereocenters. The number of nitrogens with one attached hydrogen (secondary N) is 1. The summed E-state index contributed by atoms with van der Waals surface area (Å²) in [5.74, 6) is 0. The number of fused-ring (bicyclic) bond motifs is 2. The van der Waals surface area contributed by atoms with Crippen molar-refractivity contribution in [3.63, 3.8) is 0 Å². The lowest BCUT2D eigenvalue weighted by Gasteiger charge is -2.46. The van der Waals surface area contributed by atoms with E-state index in [1.165, 1.54) is 15.3 Å². The lowest BCUT2D eigenvalue weighted by atomic mass is 9.81. The van der Waals surface area contributed by atoms with Gasteiger partial charge in [0.25, 0.3) is 0 Å². The molecule has 6 nitrogen and oxygen atoms in total. The molecule has 2 aromatic heterocycles. The molecule has 7 heteroatoms. The molecule has 0 aliphatic carbocycles. The molecule has 0 aromatic carbocycles. The van der Waals surface area contributed by atoms with E-state index in [1.54, 1.807) is 4.68 Å². The lowest BCUT2D eigenvalue weighted by Crippen LogP contribution is -2.51. The highest BCUT2D eigenvalue weighted by molar-refractivity contribution is 7.12. The number of aromatic nitrogens is 3. The van der Waals surface area contributed by atoms with Crippen molar-refractivity contribution in [2.24, 2.45) is 7.05 Å². The highest BCUT2D eigenvalue weighted by atomic mass is 32.1. The van der Waals surface area contributed by atoms with Crippen LogP contribution in [0.15, 0.2) is 12.3 Å². The maximum Gasteiger partial charge on any atom is 0.111 e. The van der Waals surface area contributed by atoms with Crippen LogP contribution in [-0.4, -0.2) is 34.4 Å². The summed E-state index contributed by atoms with van der Waals surface area (Å²) in [6, 6.07) is 2.40. The molecule has 130 valence electrons. The summed E-state index contributed by atoms with van der Waals surface area (Å²) in [6.45, 7) is 5.66. The Morgan fingerprint density at radius 1 is 1.50 bits per heavy atom. The summed E-state index contributed by atoms with van der Waals surface area (Å²) in [5, 5.41) is 12.0. The molecular formula is C17H24N4O2S. The molecule has 0 amide bonds. The van der Waals surface area contributed by atoms with Gasteiger partial charge in [-0.3, -0.25) is 10.00 Å². The van der Waals surface area contributed by atoms with E-state index in [4.69, 9.17) is 9.47 Å². The molecular weight excluding hydrogens is 324 g/mol. The second kappa shape index (κ2) is 6.22. The first-order valence-electron chi connectivity index (χ1n) is 8.57. The van der Waals surface area contributed by atoms with Crippen molar-refractivity contribution in [1.29, 1.82) is 0 Å². The van der Waals surface area contributed by atoms with Gasteiger partial charge in [0.05, 0.1) is 18.3 Å². The quantitative estimate of drug-likeness (QED) is 0.923. The summed E-state index contributed by atoms with van der Waals surface area (Å²) in [5.41, 5.74) is 2.11. The number of hydrogen-bond donors (Lipinski definition) is 1. The van der Waals surface area contributed by atoms with Gasteiger partial charge in [0.1, 0.15) is 11.8 Å². The van der Waals surface area contributed by atoms with Crippen LogP contribution in [0.5, 0.6) is 0 Å². The molecule has 4 rings (SSSR count). The fourth-order valence-corrected chi connectivity index (χ4v) is 5.17. The Labute approximate surface area is 146 Å². The minimum absolute atomic E-state index is 0.0379. The molecule has 2 aromatic rings. The van der Waals surface area contributed by atoms with E-state index < -0.39 is 0 Å². The summed E-state index contributed by atoms with van der Waals surface area (Å²) in [7, 11) is 1.90. The van der Waals surface area contributed by atoms with Crippen LogP contribution < -0.4 is 5.32 Å². The van der Waals surface area contributed by atoms with Gasteiger partial charge in [-0.15, -0.1) is 16.4 Å². The van der Waals surface area contributed by atoms with E-state index in [1.807, 2.05) is 31.5 Å². The molecule has 3 atom stereocenters. The average Bonchev–Trinajstić information content (AvgIpc) is 3.14. The summed E-state index contributed by atoms with van der Waals surface area (Å²) >= 11 is 1.87. The zero-order valence-electron chi connectivity index (χ0n) is 14.4. The van der Waals surface area contributed by atoms with E-state index in [2.05, 4.69) is 28.6 Å². The summed E-state index contributed by atoms with van der Waals surface area (Å²) in [6.07, 6.45) is 4.64. The third-order valence-corrected chi connectivity index (χ3v) is 6.16. The van der Waals surface area contributed by atoms with Crippen LogP contribution >= 0.6 is 11.3 Å². The molecule has 24 heavy (non-hydrogen) atoms. The average molecular weight is 348 g/mol. The standard InChI is InChI=1S/C17H24N4O2S/c1-4-22-15-9-17(8-13(18-15)14-10-21(3)20-19-14)16-12(5-6-23-17)7-11(2)24-16/h7,10,13,15,18H,4-6,8-9H2,1-3H3. The van der Waals surface area contributed by atoms with Gasteiger partial charge in [-0.05, 0) is 31.9 Å². The fourth-order valence-electron chi connectivity index (χ4n) is 3.94. The molecule has 1 saturated heterocycles. The second-order valence-electron chi connectivity index (χ2n) is 6.69. The molecule has 0 bridgehead atoms. The first-order chi connectivity index (χ1) is 11.6. The minimum Gasteiger partial charge on any atom is -0.369 e. The zero-order chi connectivity index (χ0) is 16.7. The van der Waals surface area contributed by atoms with Crippen LogP contribution in [0.1, 0.15) is 46.8 Å². The van der Waals surface area contributed by atoms with E-state index in [0.29, 0.717) is 6.61 Å². The SMILES string of the molecule is CCOC1CC2(CC(c3cn(C)nn3)N1)OCCc1cc(C)sc12. The number of ether oxygens (including phenoxy) is 2. The van der Waals surface area contributed by atoms with Crippen molar-refractivity contribution in [2.45, 2.75) is 51.0 Å². The number of aryl methyl sites for hydroxylation is 2. The van der Waals surface area contributed by atoms with E-state index in [0.717, 1.165) is 31.6 Å². The van der Waals surface area contributed by atoms with Gasteiger partial charge in [-0.25, -0.2) is 0 Å². The smallest absolute Gasteiger partial charge is 0.111 e. The van der Waals surface area contributed by atoms with E-state index in [-0.39, 0.29) is 17.9 Å². The van der Waals surface area contributed by atoms with E-state index >= 15 is 0 Å². The predicted molar refractivity (Wildman–Crippen MR) is 91.9 cm³/mol. The molecule has 1 spiro atoms. The van der Waals surface area contributed by atoms with Crippen LogP contribution in [-0.2, 0) is 28.5 Å². The van der Waals surface area contributed by atoms with Crippen LogP contribution in [0.25, 0.3) is 0 Å². The fraction of sp³-hybridized carbons (Fsp3) is 0.647. The van der Waals surface area contributed by atoms with Crippen LogP contribution in [0, 0.1) is 6.92 Å². The summed E-state index contributed by atoms with van der Waals surface area (Å²) < 4.78 is 14.1. The van der Waals surface area contributed by atoms with Crippen LogP contribution in [0.3, 0.4) is 0 Å². The third kappa shape index (κ3) is 2.79. The van der Waals surface area contributed by atoms with Crippen molar-refractivity contribution >= 4 is 11.3 Å². The molecule has 4 heterocycles. The van der Waals surface area contributed by atoms with Crippen molar-refractivity contribution < 1.29 is 9.47 Å². The van der Waals surface area contributed by atoms with Gasteiger partial charge in [-0.1, -0.05) is 5.21 Å². The van der Waals surface area contributed by atoms with Crippen molar-refractivity contribution in [1.82, 2.24) is 20.3 Å².